The van der Waals surface area contributed by atoms with E-state index in [1.165, 1.54) is 25.3 Å². The van der Waals surface area contributed by atoms with Crippen LogP contribution in [0.2, 0.25) is 0 Å². The van der Waals surface area contributed by atoms with E-state index in [0.29, 0.717) is 11.3 Å². The third-order valence-corrected chi connectivity index (χ3v) is 3.86. The van der Waals surface area contributed by atoms with Crippen molar-refractivity contribution in [3.8, 4) is 5.75 Å². The van der Waals surface area contributed by atoms with Gasteiger partial charge in [0.05, 0.1) is 17.7 Å². The van der Waals surface area contributed by atoms with Crippen LogP contribution in [0.25, 0.3) is 6.08 Å². The molecular formula is C18H13N3O6. The molecular weight excluding hydrogens is 354 g/mol. The van der Waals surface area contributed by atoms with Crippen LogP contribution in [0.1, 0.15) is 5.56 Å². The Morgan fingerprint density at radius 2 is 1.74 bits per heavy atom. The third kappa shape index (κ3) is 3.38. The highest BCUT2D eigenvalue weighted by atomic mass is 16.6. The number of rotatable bonds is 4. The van der Waals surface area contributed by atoms with Gasteiger partial charge in [-0.15, -0.1) is 0 Å². The van der Waals surface area contributed by atoms with E-state index in [-0.39, 0.29) is 16.9 Å². The molecule has 2 aromatic rings. The zero-order chi connectivity index (χ0) is 19.6. The van der Waals surface area contributed by atoms with Crippen molar-refractivity contribution in [2.24, 2.45) is 0 Å². The van der Waals surface area contributed by atoms with E-state index in [0.717, 1.165) is 17.0 Å². The van der Waals surface area contributed by atoms with Crippen molar-refractivity contribution in [3.63, 3.8) is 0 Å². The lowest BCUT2D eigenvalue weighted by Gasteiger charge is -2.26. The monoisotopic (exact) mass is 367 g/mol. The van der Waals surface area contributed by atoms with Crippen LogP contribution in [0.15, 0.2) is 54.1 Å². The molecule has 0 saturated carbocycles. The third-order valence-electron chi connectivity index (χ3n) is 3.86. The first-order chi connectivity index (χ1) is 12.9. The number of anilines is 1. The number of barbiturate groups is 1. The molecule has 1 heterocycles. The lowest BCUT2D eigenvalue weighted by Crippen LogP contribution is -2.54. The number of hydrogen-bond donors (Lipinski definition) is 1. The summed E-state index contributed by atoms with van der Waals surface area (Å²) in [4.78, 5) is 48.0. The number of hydrogen-bond acceptors (Lipinski definition) is 6. The Balaban J connectivity index is 2.01. The first kappa shape index (κ1) is 17.8. The number of nitro groups is 1. The minimum Gasteiger partial charge on any atom is -0.496 e. The summed E-state index contributed by atoms with van der Waals surface area (Å²) >= 11 is 0. The van der Waals surface area contributed by atoms with Gasteiger partial charge in [-0.25, -0.2) is 9.69 Å². The predicted molar refractivity (Wildman–Crippen MR) is 95.1 cm³/mol. The molecule has 0 spiro atoms. The summed E-state index contributed by atoms with van der Waals surface area (Å²) in [5, 5.41) is 12.8. The van der Waals surface area contributed by atoms with E-state index in [1.807, 2.05) is 0 Å². The topological polar surface area (TPSA) is 119 Å². The van der Waals surface area contributed by atoms with Gasteiger partial charge in [0.1, 0.15) is 11.3 Å². The normalized spacial score (nSPS) is 15.7. The van der Waals surface area contributed by atoms with Gasteiger partial charge in [-0.2, -0.15) is 0 Å². The van der Waals surface area contributed by atoms with Gasteiger partial charge in [0.15, 0.2) is 0 Å². The molecule has 1 aliphatic heterocycles. The van der Waals surface area contributed by atoms with Crippen molar-refractivity contribution < 1.29 is 24.0 Å². The zero-order valence-electron chi connectivity index (χ0n) is 14.0. The number of nitro benzene ring substituents is 1. The fourth-order valence-corrected chi connectivity index (χ4v) is 2.56. The molecule has 0 radical (unpaired) electrons. The number of non-ortho nitro benzene ring substituents is 1. The van der Waals surface area contributed by atoms with Gasteiger partial charge in [0.2, 0.25) is 0 Å². The van der Waals surface area contributed by atoms with E-state index in [9.17, 15) is 24.5 Å². The van der Waals surface area contributed by atoms with Gasteiger partial charge >= 0.3 is 6.03 Å². The highest BCUT2D eigenvalue weighted by Gasteiger charge is 2.37. The molecule has 1 saturated heterocycles. The summed E-state index contributed by atoms with van der Waals surface area (Å²) < 4.78 is 5.19. The van der Waals surface area contributed by atoms with Crippen LogP contribution >= 0.6 is 0 Å². The molecule has 0 aromatic heterocycles. The fourth-order valence-electron chi connectivity index (χ4n) is 2.56. The summed E-state index contributed by atoms with van der Waals surface area (Å²) in [5.41, 5.74) is 0.125. The number of methoxy groups -OCH3 is 1. The summed E-state index contributed by atoms with van der Waals surface area (Å²) in [7, 11) is 1.45. The molecule has 0 unspecified atom stereocenters. The van der Waals surface area contributed by atoms with Gasteiger partial charge in [0, 0.05) is 17.7 Å². The first-order valence-electron chi connectivity index (χ1n) is 7.71. The van der Waals surface area contributed by atoms with Gasteiger partial charge in [-0.05, 0) is 24.3 Å². The van der Waals surface area contributed by atoms with E-state index in [2.05, 4.69) is 5.32 Å². The lowest BCUT2D eigenvalue weighted by atomic mass is 10.1. The van der Waals surface area contributed by atoms with E-state index < -0.39 is 22.8 Å². The molecule has 2 aromatic carbocycles. The number of benzene rings is 2. The molecule has 0 bridgehead atoms. The molecule has 4 amide bonds. The molecule has 0 atom stereocenters. The van der Waals surface area contributed by atoms with Crippen LogP contribution in [0.5, 0.6) is 5.75 Å². The average Bonchev–Trinajstić information content (AvgIpc) is 2.65. The standard InChI is InChI=1S/C18H13N3O6/c1-27-15-5-3-2-4-11(15)10-14-16(22)19-18(24)20(17(14)23)12-6-8-13(9-7-12)21(25)26/h2-10H,1H3,(H,19,22,24)/b14-10+. The number of amides is 4. The Morgan fingerprint density at radius 3 is 2.37 bits per heavy atom. The van der Waals surface area contributed by atoms with Crippen molar-refractivity contribution in [1.29, 1.82) is 0 Å². The summed E-state index contributed by atoms with van der Waals surface area (Å²) in [6, 6.07) is 10.7. The Morgan fingerprint density at radius 1 is 1.07 bits per heavy atom. The smallest absolute Gasteiger partial charge is 0.335 e. The second-order valence-electron chi connectivity index (χ2n) is 5.47. The number of carbonyl (C=O) groups is 3. The Bertz CT molecular complexity index is 981. The van der Waals surface area contributed by atoms with Gasteiger partial charge in [0.25, 0.3) is 17.5 Å². The second kappa shape index (κ2) is 7.08. The number of urea groups is 1. The van der Waals surface area contributed by atoms with Crippen molar-refractivity contribution in [2.75, 3.05) is 12.0 Å². The quantitative estimate of drug-likeness (QED) is 0.383. The molecule has 1 fully saturated rings. The first-order valence-corrected chi connectivity index (χ1v) is 7.71. The van der Waals surface area contributed by atoms with E-state index >= 15 is 0 Å². The van der Waals surface area contributed by atoms with Crippen LogP contribution < -0.4 is 15.0 Å². The minimum absolute atomic E-state index is 0.0986. The van der Waals surface area contributed by atoms with Crippen LogP contribution in [-0.2, 0) is 9.59 Å². The van der Waals surface area contributed by atoms with Crippen LogP contribution in [0.3, 0.4) is 0 Å². The van der Waals surface area contributed by atoms with Gasteiger partial charge in [-0.1, -0.05) is 18.2 Å². The van der Waals surface area contributed by atoms with Crippen molar-refractivity contribution >= 4 is 35.3 Å². The maximum Gasteiger partial charge on any atom is 0.335 e. The van der Waals surface area contributed by atoms with Gasteiger partial charge in [-0.3, -0.25) is 25.0 Å². The van der Waals surface area contributed by atoms with Crippen molar-refractivity contribution in [3.05, 3.63) is 69.8 Å². The summed E-state index contributed by atoms with van der Waals surface area (Å²) in [6.07, 6.45) is 1.32. The second-order valence-corrected chi connectivity index (χ2v) is 5.47. The maximum atomic E-state index is 12.8. The van der Waals surface area contributed by atoms with Crippen molar-refractivity contribution in [1.82, 2.24) is 5.32 Å². The number of nitrogens with zero attached hydrogens (tertiary/aromatic N) is 2. The number of para-hydroxylation sites is 1. The predicted octanol–water partition coefficient (Wildman–Crippen LogP) is 2.27. The number of ether oxygens (including phenoxy) is 1. The maximum absolute atomic E-state index is 12.8. The van der Waals surface area contributed by atoms with Crippen LogP contribution in [-0.4, -0.2) is 29.9 Å². The van der Waals surface area contributed by atoms with Crippen LogP contribution in [0, 0.1) is 10.1 Å². The largest absolute Gasteiger partial charge is 0.496 e. The zero-order valence-corrected chi connectivity index (χ0v) is 14.0. The fraction of sp³-hybridized carbons (Fsp3) is 0.0556. The van der Waals surface area contributed by atoms with Crippen molar-refractivity contribution in [2.45, 2.75) is 0 Å². The van der Waals surface area contributed by atoms with Crippen LogP contribution in [0.4, 0.5) is 16.2 Å². The molecule has 136 valence electrons. The van der Waals surface area contributed by atoms with Gasteiger partial charge < -0.3 is 4.74 Å². The Kier molecular flexibility index (Phi) is 4.67. The molecule has 9 nitrogen and oxygen atoms in total. The lowest BCUT2D eigenvalue weighted by molar-refractivity contribution is -0.384. The number of imide groups is 2. The summed E-state index contributed by atoms with van der Waals surface area (Å²) in [5.74, 6) is -1.23. The molecule has 1 N–H and O–H groups in total. The number of nitrogens with one attached hydrogen (secondary N) is 1. The molecule has 1 aliphatic rings. The molecule has 0 aliphatic carbocycles. The average molecular weight is 367 g/mol. The van der Waals surface area contributed by atoms with E-state index in [4.69, 9.17) is 4.74 Å². The molecule has 27 heavy (non-hydrogen) atoms. The molecule has 3 rings (SSSR count). The minimum atomic E-state index is -0.934. The highest BCUT2D eigenvalue weighted by Crippen LogP contribution is 2.26. The summed E-state index contributed by atoms with van der Waals surface area (Å²) in [6.45, 7) is 0. The SMILES string of the molecule is COc1ccccc1/C=C1\C(=O)NC(=O)N(c2ccc([N+](=O)[O-])cc2)C1=O. The number of carbonyl (C=O) groups excluding carboxylic acids is 3. The highest BCUT2D eigenvalue weighted by molar-refractivity contribution is 6.39. The Hall–Kier alpha value is -4.01. The van der Waals surface area contributed by atoms with E-state index in [1.54, 1.807) is 24.3 Å². The molecule has 9 heteroatoms. The Labute approximate surface area is 153 Å².